The maximum atomic E-state index is 11.7. The van der Waals surface area contributed by atoms with Crippen LogP contribution in [0.2, 0.25) is 0 Å². The van der Waals surface area contributed by atoms with Crippen molar-refractivity contribution in [2.45, 2.75) is 31.8 Å². The highest BCUT2D eigenvalue weighted by atomic mass is 19.3. The fourth-order valence-electron chi connectivity index (χ4n) is 1.56. The topological polar surface area (TPSA) is 49.3 Å². The number of alkyl halides is 2. The van der Waals surface area contributed by atoms with E-state index in [1.807, 2.05) is 0 Å². The summed E-state index contributed by atoms with van der Waals surface area (Å²) in [6.07, 6.45) is -1.01. The molecule has 1 aliphatic carbocycles. The van der Waals surface area contributed by atoms with Crippen LogP contribution in [0.5, 0.6) is 0 Å². The highest BCUT2D eigenvalue weighted by molar-refractivity contribution is 5.79. The first-order valence-electron chi connectivity index (χ1n) is 4.35. The van der Waals surface area contributed by atoms with Gasteiger partial charge in [-0.2, -0.15) is 8.78 Å². The lowest BCUT2D eigenvalue weighted by molar-refractivity contribution is -0.132. The molecule has 1 fully saturated rings. The molecule has 0 spiro atoms. The number of halogens is 2. The largest absolute Gasteiger partial charge is 0.393 e. The van der Waals surface area contributed by atoms with Gasteiger partial charge in [-0.3, -0.25) is 4.79 Å². The Balaban J connectivity index is 2.22. The molecule has 0 saturated heterocycles. The van der Waals surface area contributed by atoms with Crippen LogP contribution in [0.1, 0.15) is 19.3 Å². The lowest BCUT2D eigenvalue weighted by Gasteiger charge is -2.14. The van der Waals surface area contributed by atoms with Crippen LogP contribution in [-0.4, -0.2) is 30.1 Å². The summed E-state index contributed by atoms with van der Waals surface area (Å²) in [5.41, 5.74) is 0. The summed E-state index contributed by atoms with van der Waals surface area (Å²) >= 11 is 0. The van der Waals surface area contributed by atoms with Gasteiger partial charge in [0.25, 0.3) is 5.91 Å². The van der Waals surface area contributed by atoms with Gasteiger partial charge in [-0.15, -0.1) is 0 Å². The summed E-state index contributed by atoms with van der Waals surface area (Å²) in [5.74, 6) is -1.30. The van der Waals surface area contributed by atoms with Gasteiger partial charge >= 0.3 is 6.43 Å². The van der Waals surface area contributed by atoms with Crippen LogP contribution in [0.3, 0.4) is 0 Å². The molecule has 2 unspecified atom stereocenters. The molecule has 0 radical (unpaired) electrons. The van der Waals surface area contributed by atoms with Crippen LogP contribution in [0, 0.1) is 5.92 Å². The van der Waals surface area contributed by atoms with Crippen LogP contribution < -0.4 is 5.32 Å². The molecule has 13 heavy (non-hydrogen) atoms. The average Bonchev–Trinajstić information content (AvgIpc) is 2.47. The van der Waals surface area contributed by atoms with Crippen molar-refractivity contribution in [1.29, 1.82) is 0 Å². The van der Waals surface area contributed by atoms with Crippen molar-refractivity contribution < 1.29 is 18.7 Å². The third kappa shape index (κ3) is 2.91. The minimum absolute atomic E-state index is 0.0531. The molecule has 76 valence electrons. The van der Waals surface area contributed by atoms with E-state index in [2.05, 4.69) is 5.32 Å². The lowest BCUT2D eigenvalue weighted by Crippen LogP contribution is -2.35. The Morgan fingerprint density at radius 3 is 2.69 bits per heavy atom. The van der Waals surface area contributed by atoms with Crippen molar-refractivity contribution in [1.82, 2.24) is 5.32 Å². The molecule has 0 aromatic carbocycles. The predicted molar refractivity (Wildman–Crippen MR) is 42.4 cm³/mol. The first-order chi connectivity index (χ1) is 6.11. The molecule has 0 bridgehead atoms. The zero-order valence-electron chi connectivity index (χ0n) is 7.17. The Morgan fingerprint density at radius 1 is 1.54 bits per heavy atom. The van der Waals surface area contributed by atoms with Gasteiger partial charge < -0.3 is 10.4 Å². The molecule has 3 nitrogen and oxygen atoms in total. The molecule has 2 N–H and O–H groups in total. The number of carbonyl (C=O) groups is 1. The molecule has 2 atom stereocenters. The maximum Gasteiger partial charge on any atom is 0.315 e. The first-order valence-corrected chi connectivity index (χ1v) is 4.35. The van der Waals surface area contributed by atoms with E-state index in [9.17, 15) is 18.7 Å². The van der Waals surface area contributed by atoms with E-state index in [0.717, 1.165) is 12.8 Å². The monoisotopic (exact) mass is 193 g/mol. The fraction of sp³-hybridized carbons (Fsp3) is 0.875. The third-order valence-electron chi connectivity index (χ3n) is 2.36. The number of amides is 1. The van der Waals surface area contributed by atoms with E-state index < -0.39 is 18.4 Å². The molecule has 1 aliphatic rings. The van der Waals surface area contributed by atoms with Crippen molar-refractivity contribution in [3.8, 4) is 0 Å². The van der Waals surface area contributed by atoms with Crippen LogP contribution >= 0.6 is 0 Å². The maximum absolute atomic E-state index is 11.7. The molecular weight excluding hydrogens is 180 g/mol. The molecule has 1 rings (SSSR count). The highest BCUT2D eigenvalue weighted by Crippen LogP contribution is 2.24. The second-order valence-corrected chi connectivity index (χ2v) is 3.30. The normalized spacial score (nSPS) is 28.0. The Bertz CT molecular complexity index is 187. The average molecular weight is 193 g/mol. The van der Waals surface area contributed by atoms with E-state index in [1.54, 1.807) is 0 Å². The second-order valence-electron chi connectivity index (χ2n) is 3.30. The van der Waals surface area contributed by atoms with Crippen LogP contribution in [-0.2, 0) is 4.79 Å². The Morgan fingerprint density at radius 2 is 2.23 bits per heavy atom. The van der Waals surface area contributed by atoms with Gasteiger partial charge in [0.2, 0.25) is 0 Å². The minimum atomic E-state index is -2.96. The van der Waals surface area contributed by atoms with E-state index >= 15 is 0 Å². The van der Waals surface area contributed by atoms with Crippen molar-refractivity contribution in [3.63, 3.8) is 0 Å². The number of hydrogen-bond acceptors (Lipinski definition) is 2. The zero-order chi connectivity index (χ0) is 9.84. The van der Waals surface area contributed by atoms with Crippen molar-refractivity contribution >= 4 is 5.91 Å². The Labute approximate surface area is 75.1 Å². The molecule has 5 heteroatoms. The quantitative estimate of drug-likeness (QED) is 0.686. The molecule has 0 aromatic rings. The fourth-order valence-corrected chi connectivity index (χ4v) is 1.56. The number of carbonyl (C=O) groups excluding carboxylic acids is 1. The van der Waals surface area contributed by atoms with Crippen LogP contribution in [0.25, 0.3) is 0 Å². The summed E-state index contributed by atoms with van der Waals surface area (Å²) in [6, 6.07) is 0. The number of aliphatic hydroxyl groups excluding tert-OH is 1. The lowest BCUT2D eigenvalue weighted by atomic mass is 10.1. The summed E-state index contributed by atoms with van der Waals surface area (Å²) in [4.78, 5) is 10.5. The van der Waals surface area contributed by atoms with E-state index in [4.69, 9.17) is 0 Å². The van der Waals surface area contributed by atoms with Gasteiger partial charge in [0.1, 0.15) is 0 Å². The number of hydrogen-bond donors (Lipinski definition) is 2. The summed E-state index contributed by atoms with van der Waals surface area (Å²) in [7, 11) is 0. The van der Waals surface area contributed by atoms with Crippen molar-refractivity contribution in [2.75, 3.05) is 6.54 Å². The van der Waals surface area contributed by atoms with Crippen molar-refractivity contribution in [2.24, 2.45) is 5.92 Å². The SMILES string of the molecule is O=C(NCC1CCCC1O)C(F)F. The summed E-state index contributed by atoms with van der Waals surface area (Å²) in [6.45, 7) is 0.157. The second kappa shape index (κ2) is 4.50. The van der Waals surface area contributed by atoms with Gasteiger partial charge in [-0.25, -0.2) is 0 Å². The summed E-state index contributed by atoms with van der Waals surface area (Å²) in [5, 5.41) is 11.4. The van der Waals surface area contributed by atoms with Gasteiger partial charge in [0.15, 0.2) is 0 Å². The van der Waals surface area contributed by atoms with Crippen LogP contribution in [0.15, 0.2) is 0 Å². The smallest absolute Gasteiger partial charge is 0.315 e. The summed E-state index contributed by atoms with van der Waals surface area (Å²) < 4.78 is 23.4. The van der Waals surface area contributed by atoms with E-state index in [0.29, 0.717) is 6.42 Å². The number of aliphatic hydroxyl groups is 1. The number of nitrogens with one attached hydrogen (secondary N) is 1. The van der Waals surface area contributed by atoms with Gasteiger partial charge in [0.05, 0.1) is 6.10 Å². The molecule has 0 aliphatic heterocycles. The predicted octanol–water partition coefficient (Wildman–Crippen LogP) is 0.529. The third-order valence-corrected chi connectivity index (χ3v) is 2.36. The Kier molecular flexibility index (Phi) is 3.59. The van der Waals surface area contributed by atoms with Crippen LogP contribution in [0.4, 0.5) is 8.78 Å². The van der Waals surface area contributed by atoms with Crippen molar-refractivity contribution in [3.05, 3.63) is 0 Å². The molecule has 1 saturated carbocycles. The highest BCUT2D eigenvalue weighted by Gasteiger charge is 2.26. The van der Waals surface area contributed by atoms with E-state index in [1.165, 1.54) is 0 Å². The molecule has 0 aromatic heterocycles. The van der Waals surface area contributed by atoms with Gasteiger partial charge in [0, 0.05) is 12.5 Å². The minimum Gasteiger partial charge on any atom is -0.393 e. The standard InChI is InChI=1S/C8H13F2NO2/c9-7(10)8(13)11-4-5-2-1-3-6(5)12/h5-7,12H,1-4H2,(H,11,13). The first kappa shape index (κ1) is 10.4. The number of rotatable bonds is 3. The molecule has 1 amide bonds. The Hall–Kier alpha value is -0.710. The van der Waals surface area contributed by atoms with Gasteiger partial charge in [-0.05, 0) is 12.8 Å². The van der Waals surface area contributed by atoms with Gasteiger partial charge in [-0.1, -0.05) is 6.42 Å². The zero-order valence-corrected chi connectivity index (χ0v) is 7.17. The van der Waals surface area contributed by atoms with E-state index in [-0.39, 0.29) is 12.5 Å². The molecular formula is C8H13F2NO2. The molecule has 0 heterocycles.